The number of hydrogen-bond donors (Lipinski definition) is 3. The molecule has 210 valence electrons. The van der Waals surface area contributed by atoms with E-state index in [4.69, 9.17) is 15.9 Å². The standard InChI is InChI=1S/C24H17F7N6O3/c1-37(15-4-2-14(25)3-5-15)22(39)40-20-16(6-13(23(26,27)28)7-17(20)24(29,30)31)12(8-32)9-35-19-11-34-18(10-36-19)21(33)38/h2-11,32H,1H3,(H2,33,38)(H,35,36)/b12-9+,32-8?. The highest BCUT2D eigenvalue weighted by Crippen LogP contribution is 2.44. The van der Waals surface area contributed by atoms with Gasteiger partial charge in [-0.25, -0.2) is 19.2 Å². The predicted molar refractivity (Wildman–Crippen MR) is 128 cm³/mol. The maximum atomic E-state index is 14.0. The Kier molecular flexibility index (Phi) is 8.41. The number of amides is 2. The fourth-order valence-electron chi connectivity index (χ4n) is 3.13. The molecule has 0 bridgehead atoms. The number of benzene rings is 2. The van der Waals surface area contributed by atoms with Crippen molar-refractivity contribution in [3.63, 3.8) is 0 Å². The minimum absolute atomic E-state index is 0.00381. The quantitative estimate of drug-likeness (QED) is 0.254. The van der Waals surface area contributed by atoms with Crippen LogP contribution in [-0.2, 0) is 12.4 Å². The highest BCUT2D eigenvalue weighted by molar-refractivity contribution is 6.10. The summed E-state index contributed by atoms with van der Waals surface area (Å²) < 4.78 is 101. The van der Waals surface area contributed by atoms with Crippen molar-refractivity contribution < 1.29 is 45.1 Å². The molecule has 0 unspecified atom stereocenters. The third-order valence-electron chi connectivity index (χ3n) is 5.15. The Balaban J connectivity index is 2.14. The van der Waals surface area contributed by atoms with Gasteiger partial charge in [0.2, 0.25) is 0 Å². The summed E-state index contributed by atoms with van der Waals surface area (Å²) in [4.78, 5) is 32.0. The second-order valence-corrected chi connectivity index (χ2v) is 7.84. The lowest BCUT2D eigenvalue weighted by atomic mass is 9.98. The topological polar surface area (TPSA) is 134 Å². The van der Waals surface area contributed by atoms with Gasteiger partial charge in [-0.15, -0.1) is 0 Å². The summed E-state index contributed by atoms with van der Waals surface area (Å²) in [7, 11) is 1.08. The van der Waals surface area contributed by atoms with Gasteiger partial charge in [0.1, 0.15) is 17.3 Å². The highest BCUT2D eigenvalue weighted by Gasteiger charge is 2.41. The molecule has 16 heteroatoms. The average Bonchev–Trinajstić information content (AvgIpc) is 2.88. The fourth-order valence-corrected chi connectivity index (χ4v) is 3.13. The van der Waals surface area contributed by atoms with Crippen molar-refractivity contribution in [2.45, 2.75) is 12.4 Å². The van der Waals surface area contributed by atoms with E-state index in [0.717, 1.165) is 49.9 Å². The first-order chi connectivity index (χ1) is 18.6. The number of nitrogens with zero attached hydrogens (tertiary/aromatic N) is 3. The summed E-state index contributed by atoms with van der Waals surface area (Å²) in [5.41, 5.74) is -0.378. The predicted octanol–water partition coefficient (Wildman–Crippen LogP) is 5.49. The number of ether oxygens (including phenoxy) is 1. The summed E-state index contributed by atoms with van der Waals surface area (Å²) in [6.45, 7) is 0. The van der Waals surface area contributed by atoms with Crippen LogP contribution in [0, 0.1) is 11.2 Å². The lowest BCUT2D eigenvalue weighted by molar-refractivity contribution is -0.143. The summed E-state index contributed by atoms with van der Waals surface area (Å²) in [6, 6.07) is 4.20. The molecule has 40 heavy (non-hydrogen) atoms. The number of aromatic nitrogens is 2. The van der Waals surface area contributed by atoms with Crippen LogP contribution in [0.2, 0.25) is 0 Å². The van der Waals surface area contributed by atoms with Gasteiger partial charge < -0.3 is 21.2 Å². The molecule has 0 saturated heterocycles. The molecule has 1 aromatic heterocycles. The SMILES string of the molecule is CN(C(=O)Oc1c(/C(C=N)=C/Nc2cnc(C(N)=O)cn2)cc(C(F)(F)F)cc1C(F)(F)F)c1ccc(F)cc1. The summed E-state index contributed by atoms with van der Waals surface area (Å²) >= 11 is 0. The summed E-state index contributed by atoms with van der Waals surface area (Å²) in [6.07, 6.45) is -8.97. The Hall–Kier alpha value is -5.02. The zero-order valence-electron chi connectivity index (χ0n) is 20.1. The highest BCUT2D eigenvalue weighted by atomic mass is 19.4. The first-order valence-electron chi connectivity index (χ1n) is 10.7. The second kappa shape index (κ2) is 11.4. The van der Waals surface area contributed by atoms with Gasteiger partial charge in [-0.2, -0.15) is 26.3 Å². The number of nitrogens with one attached hydrogen (secondary N) is 2. The Labute approximate surface area is 220 Å². The van der Waals surface area contributed by atoms with Crippen molar-refractivity contribution in [2.24, 2.45) is 5.73 Å². The van der Waals surface area contributed by atoms with E-state index in [1.807, 2.05) is 0 Å². The van der Waals surface area contributed by atoms with Crippen molar-refractivity contribution in [3.05, 3.63) is 83.2 Å². The van der Waals surface area contributed by atoms with Crippen LogP contribution in [-0.4, -0.2) is 35.2 Å². The van der Waals surface area contributed by atoms with E-state index in [-0.39, 0.29) is 29.3 Å². The van der Waals surface area contributed by atoms with Gasteiger partial charge in [0.05, 0.1) is 23.5 Å². The third-order valence-corrected chi connectivity index (χ3v) is 5.15. The Bertz CT molecular complexity index is 1450. The molecule has 2 amide bonds. The van der Waals surface area contributed by atoms with E-state index in [1.54, 1.807) is 0 Å². The van der Waals surface area contributed by atoms with Crippen molar-refractivity contribution in [2.75, 3.05) is 17.3 Å². The number of primary amides is 1. The fraction of sp³-hybridized carbons (Fsp3) is 0.125. The van der Waals surface area contributed by atoms with E-state index >= 15 is 0 Å². The molecule has 0 spiro atoms. The number of nitrogens with two attached hydrogens (primary N) is 1. The van der Waals surface area contributed by atoms with E-state index in [0.29, 0.717) is 11.1 Å². The van der Waals surface area contributed by atoms with Gasteiger partial charge in [0, 0.05) is 36.3 Å². The molecule has 0 aliphatic heterocycles. The van der Waals surface area contributed by atoms with Gasteiger partial charge in [-0.05, 0) is 36.4 Å². The van der Waals surface area contributed by atoms with Crippen LogP contribution in [0.25, 0.3) is 5.57 Å². The number of carbonyl (C=O) groups excluding carboxylic acids is 2. The summed E-state index contributed by atoms with van der Waals surface area (Å²) in [5, 5.41) is 10.1. The molecule has 2 aromatic carbocycles. The van der Waals surface area contributed by atoms with Crippen LogP contribution in [0.15, 0.2) is 55.0 Å². The van der Waals surface area contributed by atoms with Crippen LogP contribution in [0.5, 0.6) is 5.75 Å². The monoisotopic (exact) mass is 570 g/mol. The molecule has 0 fully saturated rings. The molecule has 0 radical (unpaired) electrons. The van der Waals surface area contributed by atoms with Gasteiger partial charge in [-0.1, -0.05) is 0 Å². The number of halogens is 7. The number of rotatable bonds is 7. The third kappa shape index (κ3) is 6.89. The molecule has 0 atom stereocenters. The molecule has 0 saturated carbocycles. The van der Waals surface area contributed by atoms with Gasteiger partial charge in [0.25, 0.3) is 5.91 Å². The first-order valence-corrected chi connectivity index (χ1v) is 10.7. The smallest absolute Gasteiger partial charge is 0.409 e. The minimum atomic E-state index is -5.43. The molecular weight excluding hydrogens is 553 g/mol. The van der Waals surface area contributed by atoms with Gasteiger partial charge in [0.15, 0.2) is 5.75 Å². The molecule has 0 aliphatic rings. The van der Waals surface area contributed by atoms with Gasteiger partial charge in [-0.3, -0.25) is 9.69 Å². The first kappa shape index (κ1) is 29.5. The Morgan fingerprint density at radius 2 is 1.68 bits per heavy atom. The van der Waals surface area contributed by atoms with Crippen LogP contribution in [0.4, 0.5) is 47.0 Å². The van der Waals surface area contributed by atoms with Crippen LogP contribution in [0.3, 0.4) is 0 Å². The molecule has 3 rings (SSSR count). The van der Waals surface area contributed by atoms with E-state index < -0.39 is 58.2 Å². The number of carbonyl (C=O) groups is 2. The maximum Gasteiger partial charge on any atom is 0.420 e. The van der Waals surface area contributed by atoms with Crippen LogP contribution < -0.4 is 20.7 Å². The van der Waals surface area contributed by atoms with Crippen molar-refractivity contribution in [1.29, 1.82) is 5.41 Å². The van der Waals surface area contributed by atoms with Crippen molar-refractivity contribution >= 4 is 35.3 Å². The molecule has 4 N–H and O–H groups in total. The molecule has 0 aliphatic carbocycles. The Morgan fingerprint density at radius 3 is 2.17 bits per heavy atom. The average molecular weight is 570 g/mol. The molecule has 1 heterocycles. The normalized spacial score (nSPS) is 12.1. The van der Waals surface area contributed by atoms with E-state index in [9.17, 15) is 40.3 Å². The number of allylic oxidation sites excluding steroid dienone is 1. The largest absolute Gasteiger partial charge is 0.420 e. The van der Waals surface area contributed by atoms with Crippen LogP contribution in [0.1, 0.15) is 27.2 Å². The maximum absolute atomic E-state index is 14.0. The Morgan fingerprint density at radius 1 is 1.02 bits per heavy atom. The lowest BCUT2D eigenvalue weighted by Crippen LogP contribution is -2.30. The van der Waals surface area contributed by atoms with E-state index in [1.165, 1.54) is 0 Å². The molecule has 9 nitrogen and oxygen atoms in total. The molecular formula is C24H17F7N6O3. The zero-order chi connectivity index (χ0) is 29.8. The van der Waals surface area contributed by atoms with Crippen LogP contribution >= 0.6 is 0 Å². The molecule has 3 aromatic rings. The number of anilines is 2. The summed E-state index contributed by atoms with van der Waals surface area (Å²) in [5.74, 6) is -3.03. The number of alkyl halides is 6. The lowest BCUT2D eigenvalue weighted by Gasteiger charge is -2.22. The minimum Gasteiger partial charge on any atom is -0.409 e. The van der Waals surface area contributed by atoms with Crippen molar-refractivity contribution in [3.8, 4) is 5.75 Å². The number of hydrogen-bond acceptors (Lipinski definition) is 7. The van der Waals surface area contributed by atoms with E-state index in [2.05, 4.69) is 15.3 Å². The van der Waals surface area contributed by atoms with Gasteiger partial charge >= 0.3 is 18.4 Å². The zero-order valence-corrected chi connectivity index (χ0v) is 20.1. The second-order valence-electron chi connectivity index (χ2n) is 7.84. The van der Waals surface area contributed by atoms with Crippen molar-refractivity contribution in [1.82, 2.24) is 9.97 Å².